The molecule has 0 aliphatic rings. The maximum Gasteiger partial charge on any atom is 0.257 e. The number of rotatable bonds is 6. The number of aromatic nitrogens is 1. The van der Waals surface area contributed by atoms with Crippen LogP contribution in [0.1, 0.15) is 15.9 Å². The maximum absolute atomic E-state index is 13.6. The number of pyridine rings is 1. The second-order valence-electron chi connectivity index (χ2n) is 4.61. The summed E-state index contributed by atoms with van der Waals surface area (Å²) in [7, 11) is 0. The Hall–Kier alpha value is -2.27. The lowest BCUT2D eigenvalue weighted by atomic mass is 10.1. The molecule has 1 N–H and O–H groups in total. The van der Waals surface area contributed by atoms with Crippen LogP contribution in [0.25, 0.3) is 0 Å². The quantitative estimate of drug-likeness (QED) is 0.883. The summed E-state index contributed by atoms with van der Waals surface area (Å²) in [4.78, 5) is 17.4. The number of amides is 1. The van der Waals surface area contributed by atoms with Gasteiger partial charge < -0.3 is 10.0 Å². The molecule has 0 atom stereocenters. The molecule has 21 heavy (non-hydrogen) atoms. The average molecular weight is 288 g/mol. The first-order valence-electron chi connectivity index (χ1n) is 6.76. The Labute approximate surface area is 122 Å². The standard InChI is InChI=1S/C16H17FN2O2/c17-15-12-18-8-6-14(15)16(21)19(10-11-20)9-7-13-4-2-1-3-5-13/h1-6,8,12,20H,7,9-11H2. The lowest BCUT2D eigenvalue weighted by molar-refractivity contribution is 0.0719. The van der Waals surface area contributed by atoms with Crippen LogP contribution < -0.4 is 0 Å². The van der Waals surface area contributed by atoms with Gasteiger partial charge in [-0.05, 0) is 18.1 Å². The van der Waals surface area contributed by atoms with Gasteiger partial charge in [0.15, 0.2) is 5.82 Å². The molecular weight excluding hydrogens is 271 g/mol. The number of carbonyl (C=O) groups is 1. The topological polar surface area (TPSA) is 53.4 Å². The molecule has 0 bridgehead atoms. The van der Waals surface area contributed by atoms with Crippen LogP contribution in [0, 0.1) is 5.82 Å². The summed E-state index contributed by atoms with van der Waals surface area (Å²) in [6.07, 6.45) is 3.05. The predicted molar refractivity (Wildman–Crippen MR) is 77.3 cm³/mol. The summed E-state index contributed by atoms with van der Waals surface area (Å²) < 4.78 is 13.6. The Morgan fingerprint density at radius 3 is 2.62 bits per heavy atom. The Bertz CT molecular complexity index is 590. The summed E-state index contributed by atoms with van der Waals surface area (Å²) in [6, 6.07) is 11.1. The van der Waals surface area contributed by atoms with Crippen molar-refractivity contribution in [3.63, 3.8) is 0 Å². The van der Waals surface area contributed by atoms with Crippen molar-refractivity contribution >= 4 is 5.91 Å². The smallest absolute Gasteiger partial charge is 0.257 e. The van der Waals surface area contributed by atoms with E-state index in [1.807, 2.05) is 30.3 Å². The third kappa shape index (κ3) is 4.10. The number of aliphatic hydroxyl groups excluding tert-OH is 1. The van der Waals surface area contributed by atoms with Gasteiger partial charge in [-0.1, -0.05) is 30.3 Å². The van der Waals surface area contributed by atoms with Crippen LogP contribution in [0.5, 0.6) is 0 Å². The van der Waals surface area contributed by atoms with E-state index in [9.17, 15) is 9.18 Å². The Balaban J connectivity index is 2.08. The van der Waals surface area contributed by atoms with Crippen molar-refractivity contribution in [3.8, 4) is 0 Å². The molecule has 1 aromatic carbocycles. The van der Waals surface area contributed by atoms with Crippen molar-refractivity contribution in [1.82, 2.24) is 9.88 Å². The fourth-order valence-corrected chi connectivity index (χ4v) is 2.06. The van der Waals surface area contributed by atoms with E-state index in [-0.39, 0.29) is 18.7 Å². The number of halogens is 1. The lowest BCUT2D eigenvalue weighted by Gasteiger charge is -2.22. The number of hydrogen-bond acceptors (Lipinski definition) is 3. The summed E-state index contributed by atoms with van der Waals surface area (Å²) in [5, 5.41) is 9.10. The zero-order valence-electron chi connectivity index (χ0n) is 11.6. The number of aliphatic hydroxyl groups is 1. The van der Waals surface area contributed by atoms with E-state index < -0.39 is 11.7 Å². The van der Waals surface area contributed by atoms with Crippen molar-refractivity contribution < 1.29 is 14.3 Å². The highest BCUT2D eigenvalue weighted by atomic mass is 19.1. The lowest BCUT2D eigenvalue weighted by Crippen LogP contribution is -2.35. The Kier molecular flexibility index (Phi) is 5.40. The maximum atomic E-state index is 13.6. The number of nitrogens with zero attached hydrogens (tertiary/aromatic N) is 2. The molecule has 2 aromatic rings. The highest BCUT2D eigenvalue weighted by molar-refractivity contribution is 5.94. The highest BCUT2D eigenvalue weighted by Gasteiger charge is 2.18. The SMILES string of the molecule is O=C(c1ccncc1F)N(CCO)CCc1ccccc1. The van der Waals surface area contributed by atoms with E-state index in [1.54, 1.807) is 0 Å². The first-order chi connectivity index (χ1) is 10.2. The highest BCUT2D eigenvalue weighted by Crippen LogP contribution is 2.10. The molecule has 1 amide bonds. The monoisotopic (exact) mass is 288 g/mol. The molecule has 1 heterocycles. The average Bonchev–Trinajstić information content (AvgIpc) is 2.52. The zero-order valence-corrected chi connectivity index (χ0v) is 11.6. The zero-order chi connectivity index (χ0) is 15.1. The molecule has 0 radical (unpaired) electrons. The van der Waals surface area contributed by atoms with Gasteiger partial charge in [-0.2, -0.15) is 0 Å². The van der Waals surface area contributed by atoms with Crippen LogP contribution in [0.15, 0.2) is 48.8 Å². The van der Waals surface area contributed by atoms with E-state index in [0.717, 1.165) is 11.8 Å². The van der Waals surface area contributed by atoms with Crippen LogP contribution in [0.3, 0.4) is 0 Å². The molecular formula is C16H17FN2O2. The molecule has 2 rings (SSSR count). The fraction of sp³-hybridized carbons (Fsp3) is 0.250. The Morgan fingerprint density at radius 2 is 1.95 bits per heavy atom. The van der Waals surface area contributed by atoms with Crippen molar-refractivity contribution in [2.75, 3.05) is 19.7 Å². The van der Waals surface area contributed by atoms with Crippen LogP contribution in [0.4, 0.5) is 4.39 Å². The molecule has 4 nitrogen and oxygen atoms in total. The van der Waals surface area contributed by atoms with Gasteiger partial charge >= 0.3 is 0 Å². The summed E-state index contributed by atoms with van der Waals surface area (Å²) in [5.41, 5.74) is 1.06. The summed E-state index contributed by atoms with van der Waals surface area (Å²) in [5.74, 6) is -1.08. The largest absolute Gasteiger partial charge is 0.395 e. The van der Waals surface area contributed by atoms with Gasteiger partial charge in [-0.15, -0.1) is 0 Å². The van der Waals surface area contributed by atoms with E-state index in [4.69, 9.17) is 5.11 Å². The molecule has 1 aromatic heterocycles. The number of carbonyl (C=O) groups excluding carboxylic acids is 1. The van der Waals surface area contributed by atoms with Gasteiger partial charge in [0.2, 0.25) is 0 Å². The molecule has 5 heteroatoms. The molecule has 110 valence electrons. The minimum Gasteiger partial charge on any atom is -0.395 e. The molecule has 0 saturated heterocycles. The fourth-order valence-electron chi connectivity index (χ4n) is 2.06. The van der Waals surface area contributed by atoms with Gasteiger partial charge in [0.05, 0.1) is 18.4 Å². The molecule has 0 aliphatic carbocycles. The second kappa shape index (κ2) is 7.50. The van der Waals surface area contributed by atoms with Gasteiger partial charge in [-0.3, -0.25) is 9.78 Å². The van der Waals surface area contributed by atoms with Crippen molar-refractivity contribution in [2.24, 2.45) is 0 Å². The van der Waals surface area contributed by atoms with Crippen LogP contribution in [-0.2, 0) is 6.42 Å². The third-order valence-corrected chi connectivity index (χ3v) is 3.17. The summed E-state index contributed by atoms with van der Waals surface area (Å²) >= 11 is 0. The van der Waals surface area contributed by atoms with Crippen LogP contribution in [-0.4, -0.2) is 40.6 Å². The van der Waals surface area contributed by atoms with Gasteiger partial charge in [0.1, 0.15) is 0 Å². The molecule has 0 aliphatic heterocycles. The van der Waals surface area contributed by atoms with Gasteiger partial charge in [0, 0.05) is 19.3 Å². The number of benzene rings is 1. The van der Waals surface area contributed by atoms with E-state index >= 15 is 0 Å². The van der Waals surface area contributed by atoms with E-state index in [1.165, 1.54) is 17.2 Å². The molecule has 0 unspecified atom stereocenters. The number of hydrogen-bond donors (Lipinski definition) is 1. The van der Waals surface area contributed by atoms with Gasteiger partial charge in [-0.25, -0.2) is 4.39 Å². The van der Waals surface area contributed by atoms with Crippen molar-refractivity contribution in [2.45, 2.75) is 6.42 Å². The minimum absolute atomic E-state index is 0.0217. The second-order valence-corrected chi connectivity index (χ2v) is 4.61. The van der Waals surface area contributed by atoms with Crippen molar-refractivity contribution in [1.29, 1.82) is 0 Å². The Morgan fingerprint density at radius 1 is 1.19 bits per heavy atom. The molecule has 0 fully saturated rings. The van der Waals surface area contributed by atoms with E-state index in [0.29, 0.717) is 13.0 Å². The minimum atomic E-state index is -0.648. The molecule has 0 spiro atoms. The summed E-state index contributed by atoms with van der Waals surface area (Å²) in [6.45, 7) is 0.436. The normalized spacial score (nSPS) is 10.4. The van der Waals surface area contributed by atoms with Crippen LogP contribution in [0.2, 0.25) is 0 Å². The van der Waals surface area contributed by atoms with Gasteiger partial charge in [0.25, 0.3) is 5.91 Å². The van der Waals surface area contributed by atoms with Crippen LogP contribution >= 0.6 is 0 Å². The van der Waals surface area contributed by atoms with Crippen molar-refractivity contribution in [3.05, 3.63) is 65.7 Å². The third-order valence-electron chi connectivity index (χ3n) is 3.17. The van der Waals surface area contributed by atoms with E-state index in [2.05, 4.69) is 4.98 Å². The first kappa shape index (κ1) is 15.1. The predicted octanol–water partition coefficient (Wildman–Crippen LogP) is 1.90. The first-order valence-corrected chi connectivity index (χ1v) is 6.76. The molecule has 0 saturated carbocycles.